The highest BCUT2D eigenvalue weighted by Gasteiger charge is 2.11. The molecule has 24 heavy (non-hydrogen) atoms. The molecule has 3 rings (SSSR count). The third kappa shape index (κ3) is 4.04. The van der Waals surface area contributed by atoms with E-state index in [-0.39, 0.29) is 18.0 Å². The van der Waals surface area contributed by atoms with E-state index in [1.807, 2.05) is 30.3 Å². The van der Waals surface area contributed by atoms with E-state index in [0.717, 1.165) is 11.5 Å². The Morgan fingerprint density at radius 2 is 1.79 bits per heavy atom. The summed E-state index contributed by atoms with van der Waals surface area (Å²) in [5.41, 5.74) is 1.13. The highest BCUT2D eigenvalue weighted by atomic mass is 16.5. The first-order chi connectivity index (χ1) is 11.7. The lowest BCUT2D eigenvalue weighted by Gasteiger charge is -2.09. The van der Waals surface area contributed by atoms with E-state index < -0.39 is 5.97 Å². The molecule has 0 aliphatic rings. The van der Waals surface area contributed by atoms with Crippen molar-refractivity contribution in [3.05, 3.63) is 66.7 Å². The molecule has 0 fully saturated rings. The van der Waals surface area contributed by atoms with Crippen molar-refractivity contribution in [2.45, 2.75) is 6.42 Å². The van der Waals surface area contributed by atoms with Crippen LogP contribution in [0.15, 0.2) is 61.1 Å². The molecule has 0 saturated heterocycles. The molecule has 0 saturated carbocycles. The molecule has 2 aromatic heterocycles. The molecular weight excluding hydrogens is 308 g/mol. The molecule has 3 aromatic rings. The number of benzene rings is 1. The average molecular weight is 322 g/mol. The SMILES string of the molecule is O=C(O)Cc1nccnc1Oc1ccc(Nc2ccccn2)cc1. The van der Waals surface area contributed by atoms with Gasteiger partial charge >= 0.3 is 5.97 Å². The molecule has 0 radical (unpaired) electrons. The monoisotopic (exact) mass is 322 g/mol. The third-order valence-corrected chi connectivity index (χ3v) is 3.06. The van der Waals surface area contributed by atoms with Gasteiger partial charge in [0.25, 0.3) is 0 Å². The minimum Gasteiger partial charge on any atom is -0.481 e. The fraction of sp³-hybridized carbons (Fsp3) is 0.0588. The number of rotatable bonds is 6. The number of hydrogen-bond donors (Lipinski definition) is 2. The van der Waals surface area contributed by atoms with Crippen molar-refractivity contribution < 1.29 is 14.6 Å². The minimum absolute atomic E-state index is 0.185. The highest BCUT2D eigenvalue weighted by Crippen LogP contribution is 2.24. The first-order valence-electron chi connectivity index (χ1n) is 7.18. The van der Waals surface area contributed by atoms with Gasteiger partial charge in [-0.2, -0.15) is 0 Å². The number of pyridine rings is 1. The van der Waals surface area contributed by atoms with E-state index in [2.05, 4.69) is 20.3 Å². The van der Waals surface area contributed by atoms with Gasteiger partial charge in [-0.3, -0.25) is 9.78 Å². The van der Waals surface area contributed by atoms with Gasteiger partial charge in [0.1, 0.15) is 17.3 Å². The molecule has 0 unspecified atom stereocenters. The number of aliphatic carboxylic acids is 1. The van der Waals surface area contributed by atoms with E-state index in [1.54, 1.807) is 18.3 Å². The maximum atomic E-state index is 10.9. The van der Waals surface area contributed by atoms with Crippen molar-refractivity contribution in [1.29, 1.82) is 0 Å². The number of nitrogens with zero attached hydrogens (tertiary/aromatic N) is 3. The van der Waals surface area contributed by atoms with Gasteiger partial charge < -0.3 is 15.2 Å². The zero-order valence-corrected chi connectivity index (χ0v) is 12.6. The molecule has 120 valence electrons. The zero-order chi connectivity index (χ0) is 16.8. The number of anilines is 2. The van der Waals surface area contributed by atoms with E-state index in [9.17, 15) is 4.79 Å². The van der Waals surface area contributed by atoms with Crippen LogP contribution in [0.1, 0.15) is 5.69 Å². The van der Waals surface area contributed by atoms with Gasteiger partial charge in [-0.1, -0.05) is 6.07 Å². The zero-order valence-electron chi connectivity index (χ0n) is 12.6. The van der Waals surface area contributed by atoms with Crippen LogP contribution in [0.2, 0.25) is 0 Å². The molecule has 2 N–H and O–H groups in total. The minimum atomic E-state index is -0.991. The smallest absolute Gasteiger partial charge is 0.309 e. The summed E-state index contributed by atoms with van der Waals surface area (Å²) >= 11 is 0. The van der Waals surface area contributed by atoms with Crippen molar-refractivity contribution >= 4 is 17.5 Å². The molecule has 0 spiro atoms. The fourth-order valence-corrected chi connectivity index (χ4v) is 2.01. The number of carboxylic acid groups (broad SMARTS) is 1. The van der Waals surface area contributed by atoms with Gasteiger partial charge in [-0.15, -0.1) is 0 Å². The Kier molecular flexibility index (Phi) is 4.62. The van der Waals surface area contributed by atoms with Crippen LogP contribution in [0, 0.1) is 0 Å². The Morgan fingerprint density at radius 3 is 2.50 bits per heavy atom. The Morgan fingerprint density at radius 1 is 1.00 bits per heavy atom. The molecule has 0 aliphatic heterocycles. The van der Waals surface area contributed by atoms with Crippen LogP contribution in [-0.2, 0) is 11.2 Å². The van der Waals surface area contributed by atoms with Gasteiger partial charge in [0.15, 0.2) is 0 Å². The molecular formula is C17H14N4O3. The number of carboxylic acids is 1. The first-order valence-corrected chi connectivity index (χ1v) is 7.18. The third-order valence-electron chi connectivity index (χ3n) is 3.06. The number of ether oxygens (including phenoxy) is 1. The fourth-order valence-electron chi connectivity index (χ4n) is 2.01. The average Bonchev–Trinajstić information content (AvgIpc) is 2.59. The maximum Gasteiger partial charge on any atom is 0.309 e. The number of hydrogen-bond acceptors (Lipinski definition) is 6. The van der Waals surface area contributed by atoms with Gasteiger partial charge in [-0.05, 0) is 36.4 Å². The van der Waals surface area contributed by atoms with Crippen molar-refractivity contribution in [2.75, 3.05) is 5.32 Å². The second kappa shape index (κ2) is 7.19. The summed E-state index contributed by atoms with van der Waals surface area (Å²) in [6, 6.07) is 12.8. The van der Waals surface area contributed by atoms with Crippen molar-refractivity contribution in [2.24, 2.45) is 0 Å². The largest absolute Gasteiger partial charge is 0.481 e. The van der Waals surface area contributed by atoms with E-state index in [0.29, 0.717) is 5.75 Å². The molecule has 0 aliphatic carbocycles. The van der Waals surface area contributed by atoms with Gasteiger partial charge in [-0.25, -0.2) is 9.97 Å². The van der Waals surface area contributed by atoms with Gasteiger partial charge in [0.05, 0.1) is 6.42 Å². The maximum absolute atomic E-state index is 10.9. The summed E-state index contributed by atoms with van der Waals surface area (Å²) in [5.74, 6) is 0.471. The second-order valence-corrected chi connectivity index (χ2v) is 4.85. The van der Waals surface area contributed by atoms with Crippen LogP contribution in [-0.4, -0.2) is 26.0 Å². The normalized spacial score (nSPS) is 10.2. The quantitative estimate of drug-likeness (QED) is 0.720. The molecule has 7 heteroatoms. The highest BCUT2D eigenvalue weighted by molar-refractivity contribution is 5.70. The van der Waals surface area contributed by atoms with Crippen LogP contribution in [0.3, 0.4) is 0 Å². The molecule has 1 aromatic carbocycles. The number of carbonyl (C=O) groups is 1. The summed E-state index contributed by atoms with van der Waals surface area (Å²) in [6.07, 6.45) is 4.35. The van der Waals surface area contributed by atoms with Gasteiger partial charge in [0, 0.05) is 24.3 Å². The van der Waals surface area contributed by atoms with Crippen LogP contribution < -0.4 is 10.1 Å². The van der Waals surface area contributed by atoms with Crippen molar-refractivity contribution in [3.8, 4) is 11.6 Å². The number of aromatic nitrogens is 3. The Balaban J connectivity index is 1.72. The van der Waals surface area contributed by atoms with Crippen LogP contribution in [0.5, 0.6) is 11.6 Å². The Hall–Kier alpha value is -3.48. The van der Waals surface area contributed by atoms with Crippen molar-refractivity contribution in [1.82, 2.24) is 15.0 Å². The predicted molar refractivity (Wildman–Crippen MR) is 87.4 cm³/mol. The summed E-state index contributed by atoms with van der Waals surface area (Å²) in [7, 11) is 0. The topological polar surface area (TPSA) is 97.2 Å². The lowest BCUT2D eigenvalue weighted by molar-refractivity contribution is -0.136. The van der Waals surface area contributed by atoms with E-state index in [1.165, 1.54) is 12.4 Å². The van der Waals surface area contributed by atoms with Crippen LogP contribution >= 0.6 is 0 Å². The second-order valence-electron chi connectivity index (χ2n) is 4.85. The molecule has 0 atom stereocenters. The van der Waals surface area contributed by atoms with E-state index in [4.69, 9.17) is 9.84 Å². The molecule has 0 bridgehead atoms. The standard InChI is InChI=1S/C17H14N4O3/c22-16(23)11-14-17(20-10-9-18-14)24-13-6-4-12(5-7-13)21-15-3-1-2-8-19-15/h1-10H,11H2,(H,19,21)(H,22,23). The molecule has 0 amide bonds. The summed E-state index contributed by atoms with van der Waals surface area (Å²) in [6.45, 7) is 0. The lowest BCUT2D eigenvalue weighted by atomic mass is 10.3. The predicted octanol–water partition coefficient (Wildman–Crippen LogP) is 3.03. The molecule has 2 heterocycles. The summed E-state index contributed by atoms with van der Waals surface area (Å²) in [4.78, 5) is 23.1. The first kappa shape index (κ1) is 15.4. The summed E-state index contributed by atoms with van der Waals surface area (Å²) < 4.78 is 5.64. The van der Waals surface area contributed by atoms with Crippen LogP contribution in [0.4, 0.5) is 11.5 Å². The van der Waals surface area contributed by atoms with Crippen LogP contribution in [0.25, 0.3) is 0 Å². The van der Waals surface area contributed by atoms with Gasteiger partial charge in [0.2, 0.25) is 5.88 Å². The summed E-state index contributed by atoms with van der Waals surface area (Å²) in [5, 5.41) is 12.1. The van der Waals surface area contributed by atoms with E-state index >= 15 is 0 Å². The Labute approximate surface area is 138 Å². The molecule has 7 nitrogen and oxygen atoms in total. The van der Waals surface area contributed by atoms with Crippen molar-refractivity contribution in [3.63, 3.8) is 0 Å². The lowest BCUT2D eigenvalue weighted by Crippen LogP contribution is -2.05. The number of nitrogens with one attached hydrogen (secondary N) is 1. The Bertz CT molecular complexity index is 823.